The second-order valence-electron chi connectivity index (χ2n) is 4.25. The first kappa shape index (κ1) is 13.7. The summed E-state index contributed by atoms with van der Waals surface area (Å²) in [5.41, 5.74) is 0.611. The minimum atomic E-state index is -3.28. The normalized spacial score (nSPS) is 11.7. The van der Waals surface area contributed by atoms with E-state index in [9.17, 15) is 13.2 Å². The SMILES string of the molecule is CS(=O)(=O)c1ccc2nc(NC(=O)c3ccno3)sc2c1. The molecule has 7 nitrogen and oxygen atoms in total. The fraction of sp³-hybridized carbons (Fsp3) is 0.0833. The number of nitrogens with one attached hydrogen (secondary N) is 1. The zero-order valence-electron chi connectivity index (χ0n) is 10.7. The predicted octanol–water partition coefficient (Wildman–Crippen LogP) is 1.94. The number of carbonyl (C=O) groups excluding carboxylic acids is 1. The van der Waals surface area contributed by atoms with Gasteiger partial charge in [-0.3, -0.25) is 10.1 Å². The third-order valence-corrected chi connectivity index (χ3v) is 4.71. The highest BCUT2D eigenvalue weighted by molar-refractivity contribution is 7.90. The second-order valence-corrected chi connectivity index (χ2v) is 7.30. The van der Waals surface area contributed by atoms with Crippen molar-refractivity contribution < 1.29 is 17.7 Å². The minimum absolute atomic E-state index is 0.0751. The largest absolute Gasteiger partial charge is 0.351 e. The number of amides is 1. The Hall–Kier alpha value is -2.26. The first-order valence-electron chi connectivity index (χ1n) is 5.76. The van der Waals surface area contributed by atoms with Crippen LogP contribution in [-0.2, 0) is 9.84 Å². The molecule has 0 saturated carbocycles. The summed E-state index contributed by atoms with van der Waals surface area (Å²) in [7, 11) is -3.28. The molecule has 2 aromatic heterocycles. The van der Waals surface area contributed by atoms with E-state index in [0.717, 1.165) is 6.26 Å². The molecule has 0 unspecified atom stereocenters. The minimum Gasteiger partial charge on any atom is -0.351 e. The van der Waals surface area contributed by atoms with Crippen molar-refractivity contribution in [1.29, 1.82) is 0 Å². The molecule has 21 heavy (non-hydrogen) atoms. The number of sulfone groups is 1. The molecular formula is C12H9N3O4S2. The summed E-state index contributed by atoms with van der Waals surface area (Å²) in [4.78, 5) is 16.2. The van der Waals surface area contributed by atoms with E-state index in [4.69, 9.17) is 4.52 Å². The van der Waals surface area contributed by atoms with Crippen LogP contribution in [-0.4, -0.2) is 30.7 Å². The Bertz CT molecular complexity index is 913. The van der Waals surface area contributed by atoms with Crippen molar-refractivity contribution in [3.63, 3.8) is 0 Å². The lowest BCUT2D eigenvalue weighted by Crippen LogP contribution is -2.10. The molecular weight excluding hydrogens is 314 g/mol. The molecule has 0 aliphatic rings. The first-order chi connectivity index (χ1) is 9.93. The van der Waals surface area contributed by atoms with E-state index in [1.807, 2.05) is 0 Å². The molecule has 2 heterocycles. The molecule has 3 aromatic rings. The lowest BCUT2D eigenvalue weighted by atomic mass is 10.3. The van der Waals surface area contributed by atoms with E-state index in [0.29, 0.717) is 15.3 Å². The van der Waals surface area contributed by atoms with Crippen LogP contribution in [0.2, 0.25) is 0 Å². The van der Waals surface area contributed by atoms with Gasteiger partial charge in [-0.05, 0) is 18.2 Å². The monoisotopic (exact) mass is 323 g/mol. The standard InChI is InChI=1S/C12H9N3O4S2/c1-21(17,18)7-2-3-8-10(6-7)20-12(14-8)15-11(16)9-4-5-13-19-9/h2-6H,1H3,(H,14,15,16). The molecule has 0 fully saturated rings. The Kier molecular flexibility index (Phi) is 3.22. The molecule has 3 rings (SSSR count). The molecule has 0 aliphatic carbocycles. The highest BCUT2D eigenvalue weighted by Crippen LogP contribution is 2.28. The van der Waals surface area contributed by atoms with Gasteiger partial charge in [-0.1, -0.05) is 16.5 Å². The smallest absolute Gasteiger partial charge is 0.296 e. The number of thiazole rings is 1. The topological polar surface area (TPSA) is 102 Å². The lowest BCUT2D eigenvalue weighted by Gasteiger charge is -1.96. The zero-order valence-corrected chi connectivity index (χ0v) is 12.4. The number of anilines is 1. The Labute approximate surface area is 123 Å². The van der Waals surface area contributed by atoms with E-state index in [1.54, 1.807) is 6.07 Å². The summed E-state index contributed by atoms with van der Waals surface area (Å²) in [6, 6.07) is 6.06. The maximum Gasteiger partial charge on any atom is 0.296 e. The Morgan fingerprint density at radius 3 is 2.81 bits per heavy atom. The number of nitrogens with zero attached hydrogens (tertiary/aromatic N) is 2. The fourth-order valence-corrected chi connectivity index (χ4v) is 3.30. The number of aromatic nitrogens is 2. The summed E-state index contributed by atoms with van der Waals surface area (Å²) in [6.45, 7) is 0. The van der Waals surface area contributed by atoms with Crippen molar-refractivity contribution in [1.82, 2.24) is 10.1 Å². The number of benzene rings is 1. The van der Waals surface area contributed by atoms with E-state index in [2.05, 4.69) is 15.5 Å². The molecule has 1 aromatic carbocycles. The maximum atomic E-state index is 11.8. The van der Waals surface area contributed by atoms with Gasteiger partial charge in [-0.25, -0.2) is 13.4 Å². The van der Waals surface area contributed by atoms with Crippen molar-refractivity contribution >= 4 is 42.4 Å². The van der Waals surface area contributed by atoms with Gasteiger partial charge in [0.2, 0.25) is 5.76 Å². The predicted molar refractivity (Wildman–Crippen MR) is 77.2 cm³/mol. The van der Waals surface area contributed by atoms with E-state index < -0.39 is 15.7 Å². The maximum absolute atomic E-state index is 11.8. The van der Waals surface area contributed by atoms with Crippen LogP contribution in [0, 0.1) is 0 Å². The average molecular weight is 323 g/mol. The molecule has 0 spiro atoms. The lowest BCUT2D eigenvalue weighted by molar-refractivity contribution is 0.0988. The van der Waals surface area contributed by atoms with Crippen LogP contribution in [0.3, 0.4) is 0 Å². The van der Waals surface area contributed by atoms with Crippen molar-refractivity contribution in [2.75, 3.05) is 11.6 Å². The highest BCUT2D eigenvalue weighted by atomic mass is 32.2. The summed E-state index contributed by atoms with van der Waals surface area (Å²) in [6.07, 6.45) is 2.51. The highest BCUT2D eigenvalue weighted by Gasteiger charge is 2.14. The Balaban J connectivity index is 1.93. The Morgan fingerprint density at radius 2 is 2.14 bits per heavy atom. The number of hydrogen-bond acceptors (Lipinski definition) is 7. The molecule has 9 heteroatoms. The van der Waals surface area contributed by atoms with Crippen LogP contribution >= 0.6 is 11.3 Å². The van der Waals surface area contributed by atoms with Crippen LogP contribution in [0.1, 0.15) is 10.6 Å². The number of rotatable bonds is 3. The third kappa shape index (κ3) is 2.78. The molecule has 1 N–H and O–H groups in total. The van der Waals surface area contributed by atoms with Crippen LogP contribution in [0.15, 0.2) is 39.9 Å². The molecule has 108 valence electrons. The Morgan fingerprint density at radius 1 is 1.33 bits per heavy atom. The zero-order chi connectivity index (χ0) is 15.0. The van der Waals surface area contributed by atoms with Gasteiger partial charge in [0.25, 0.3) is 5.91 Å². The van der Waals surface area contributed by atoms with Crippen molar-refractivity contribution in [3.05, 3.63) is 36.2 Å². The molecule has 0 aliphatic heterocycles. The fourth-order valence-electron chi connectivity index (χ4n) is 1.68. The average Bonchev–Trinajstić information content (AvgIpc) is 3.05. The summed E-state index contributed by atoms with van der Waals surface area (Å²) in [5.74, 6) is -0.388. The van der Waals surface area contributed by atoms with Gasteiger partial charge in [-0.2, -0.15) is 0 Å². The van der Waals surface area contributed by atoms with Gasteiger partial charge in [0, 0.05) is 12.3 Å². The summed E-state index contributed by atoms with van der Waals surface area (Å²) >= 11 is 1.18. The van der Waals surface area contributed by atoms with Gasteiger partial charge >= 0.3 is 0 Å². The van der Waals surface area contributed by atoms with E-state index in [1.165, 1.54) is 35.7 Å². The third-order valence-electron chi connectivity index (χ3n) is 2.67. The van der Waals surface area contributed by atoms with Gasteiger partial charge < -0.3 is 4.52 Å². The summed E-state index contributed by atoms with van der Waals surface area (Å²) < 4.78 is 28.4. The molecule has 1 amide bonds. The number of fused-ring (bicyclic) bond motifs is 1. The molecule has 0 bridgehead atoms. The number of carbonyl (C=O) groups is 1. The van der Waals surface area contributed by atoms with Gasteiger partial charge in [0.15, 0.2) is 15.0 Å². The van der Waals surface area contributed by atoms with Crippen LogP contribution in [0.25, 0.3) is 10.2 Å². The molecule has 0 atom stereocenters. The van der Waals surface area contributed by atoms with Crippen molar-refractivity contribution in [3.8, 4) is 0 Å². The van der Waals surface area contributed by atoms with Gasteiger partial charge in [-0.15, -0.1) is 0 Å². The quantitative estimate of drug-likeness (QED) is 0.790. The van der Waals surface area contributed by atoms with Gasteiger partial charge in [0.05, 0.1) is 21.3 Å². The van der Waals surface area contributed by atoms with Crippen molar-refractivity contribution in [2.24, 2.45) is 0 Å². The number of hydrogen-bond donors (Lipinski definition) is 1. The summed E-state index contributed by atoms with van der Waals surface area (Å²) in [5, 5.41) is 6.38. The van der Waals surface area contributed by atoms with E-state index >= 15 is 0 Å². The second kappa shape index (κ2) is 4.93. The van der Waals surface area contributed by atoms with Crippen LogP contribution in [0.4, 0.5) is 5.13 Å². The first-order valence-corrected chi connectivity index (χ1v) is 8.47. The van der Waals surface area contributed by atoms with Crippen LogP contribution < -0.4 is 5.32 Å². The van der Waals surface area contributed by atoms with Gasteiger partial charge in [0.1, 0.15) is 0 Å². The van der Waals surface area contributed by atoms with Crippen molar-refractivity contribution in [2.45, 2.75) is 4.90 Å². The molecule has 0 radical (unpaired) electrons. The van der Waals surface area contributed by atoms with E-state index in [-0.39, 0.29) is 10.7 Å². The van der Waals surface area contributed by atoms with Crippen LogP contribution in [0.5, 0.6) is 0 Å². The molecule has 0 saturated heterocycles.